The number of halogens is 2. The van der Waals surface area contributed by atoms with Crippen molar-refractivity contribution in [2.24, 2.45) is 5.92 Å². The van der Waals surface area contributed by atoms with Crippen molar-refractivity contribution in [3.8, 4) is 5.75 Å². The van der Waals surface area contributed by atoms with Crippen molar-refractivity contribution in [2.45, 2.75) is 38.0 Å². The minimum Gasteiger partial charge on any atom is -0.505 e. The summed E-state index contributed by atoms with van der Waals surface area (Å²) in [5.41, 5.74) is 2.52. The quantitative estimate of drug-likeness (QED) is 0.757. The van der Waals surface area contributed by atoms with Crippen molar-refractivity contribution in [2.75, 3.05) is 11.9 Å². The molecule has 2 aliphatic rings. The van der Waals surface area contributed by atoms with Gasteiger partial charge >= 0.3 is 0 Å². The summed E-state index contributed by atoms with van der Waals surface area (Å²) in [5, 5.41) is 22.2. The van der Waals surface area contributed by atoms with Crippen LogP contribution in [0.4, 0.5) is 14.5 Å². The van der Waals surface area contributed by atoms with Gasteiger partial charge in [-0.3, -0.25) is 0 Å². The van der Waals surface area contributed by atoms with Gasteiger partial charge in [-0.2, -0.15) is 0 Å². The minimum absolute atomic E-state index is 0.0320. The molecule has 4 nitrogen and oxygen atoms in total. The molecule has 0 radical (unpaired) electrons. The zero-order valence-electron chi connectivity index (χ0n) is 14.4. The van der Waals surface area contributed by atoms with Crippen LogP contribution in [-0.4, -0.2) is 22.9 Å². The number of hydrogen-bond acceptors (Lipinski definition) is 4. The van der Waals surface area contributed by atoms with Gasteiger partial charge in [-0.15, -0.1) is 0 Å². The van der Waals surface area contributed by atoms with Gasteiger partial charge in [0.05, 0.1) is 30.5 Å². The number of benzene rings is 2. The van der Waals surface area contributed by atoms with E-state index in [2.05, 4.69) is 5.32 Å². The molecule has 2 aliphatic heterocycles. The van der Waals surface area contributed by atoms with E-state index >= 15 is 0 Å². The SMILES string of the molecule is Cc1cc(F)c2c(c1)[C@H]1O[C@@H](CO)CC[C@H]1[C@H](c1ccc(O)c(F)c1)N2. The van der Waals surface area contributed by atoms with E-state index in [1.54, 1.807) is 6.07 Å². The number of aromatic hydroxyl groups is 1. The lowest BCUT2D eigenvalue weighted by Gasteiger charge is -2.45. The standard InChI is InChI=1S/C20H21F2NO3/c1-10-6-14-19(16(22)7-10)23-18(11-2-5-17(25)15(21)8-11)13-4-3-12(9-24)26-20(13)14/h2,5-8,12-13,18,20,23-25H,3-4,9H2,1H3/t12-,13+,18+,20+/m1/s1. The van der Waals surface area contributed by atoms with Crippen molar-refractivity contribution in [1.82, 2.24) is 0 Å². The highest BCUT2D eigenvalue weighted by molar-refractivity contribution is 5.59. The number of fused-ring (bicyclic) bond motifs is 3. The second-order valence-electron chi connectivity index (χ2n) is 7.15. The summed E-state index contributed by atoms with van der Waals surface area (Å²) in [7, 11) is 0. The molecule has 0 spiro atoms. The molecule has 0 saturated carbocycles. The van der Waals surface area contributed by atoms with Gasteiger partial charge in [-0.25, -0.2) is 8.78 Å². The normalized spacial score (nSPS) is 27.4. The van der Waals surface area contributed by atoms with Crippen LogP contribution >= 0.6 is 0 Å². The van der Waals surface area contributed by atoms with Crippen LogP contribution in [0.1, 0.15) is 41.7 Å². The Hall–Kier alpha value is -2.18. The van der Waals surface area contributed by atoms with Gasteiger partial charge in [0.1, 0.15) is 5.82 Å². The molecule has 2 aromatic carbocycles. The van der Waals surface area contributed by atoms with E-state index in [4.69, 9.17) is 4.74 Å². The third-order valence-corrected chi connectivity index (χ3v) is 5.38. The lowest BCUT2D eigenvalue weighted by molar-refractivity contribution is -0.110. The number of nitrogens with one attached hydrogen (secondary N) is 1. The molecular formula is C20H21F2NO3. The van der Waals surface area contributed by atoms with E-state index in [1.165, 1.54) is 18.2 Å². The van der Waals surface area contributed by atoms with Crippen molar-refractivity contribution in [1.29, 1.82) is 0 Å². The summed E-state index contributed by atoms with van der Waals surface area (Å²) in [6.07, 6.45) is 0.766. The summed E-state index contributed by atoms with van der Waals surface area (Å²) in [5.74, 6) is -1.53. The molecule has 0 aromatic heterocycles. The molecule has 4 rings (SSSR count). The van der Waals surface area contributed by atoms with Crippen LogP contribution in [-0.2, 0) is 4.74 Å². The third kappa shape index (κ3) is 2.83. The Balaban J connectivity index is 1.80. The molecule has 0 aliphatic carbocycles. The summed E-state index contributed by atoms with van der Waals surface area (Å²) in [6.45, 7) is 1.74. The molecule has 0 bridgehead atoms. The number of hydrogen-bond donors (Lipinski definition) is 3. The lowest BCUT2D eigenvalue weighted by atomic mass is 9.76. The van der Waals surface area contributed by atoms with Gasteiger partial charge in [0.25, 0.3) is 0 Å². The van der Waals surface area contributed by atoms with Gasteiger partial charge in [-0.05, 0) is 49.1 Å². The Kier molecular flexibility index (Phi) is 4.32. The summed E-state index contributed by atoms with van der Waals surface area (Å²) < 4.78 is 34.6. The average molecular weight is 361 g/mol. The number of aliphatic hydroxyl groups excluding tert-OH is 1. The maximum Gasteiger partial charge on any atom is 0.165 e. The zero-order valence-corrected chi connectivity index (χ0v) is 14.4. The Bertz CT molecular complexity index is 842. The van der Waals surface area contributed by atoms with E-state index in [9.17, 15) is 19.0 Å². The van der Waals surface area contributed by atoms with Crippen molar-refractivity contribution in [3.05, 3.63) is 58.7 Å². The Morgan fingerprint density at radius 2 is 1.96 bits per heavy atom. The van der Waals surface area contributed by atoms with Crippen LogP contribution in [0.3, 0.4) is 0 Å². The van der Waals surface area contributed by atoms with Gasteiger partial charge < -0.3 is 20.3 Å². The Morgan fingerprint density at radius 3 is 2.69 bits per heavy atom. The second-order valence-corrected chi connectivity index (χ2v) is 7.15. The molecule has 3 N–H and O–H groups in total. The third-order valence-electron chi connectivity index (χ3n) is 5.38. The van der Waals surface area contributed by atoms with Crippen molar-refractivity contribution in [3.63, 3.8) is 0 Å². The van der Waals surface area contributed by atoms with Gasteiger partial charge in [-0.1, -0.05) is 12.1 Å². The minimum atomic E-state index is -0.707. The first-order chi connectivity index (χ1) is 12.5. The van der Waals surface area contributed by atoms with E-state index in [0.717, 1.165) is 17.5 Å². The van der Waals surface area contributed by atoms with Crippen LogP contribution in [0.5, 0.6) is 5.75 Å². The number of anilines is 1. The second kappa shape index (κ2) is 6.52. The molecular weight excluding hydrogens is 340 g/mol. The van der Waals surface area contributed by atoms with E-state index in [-0.39, 0.29) is 36.6 Å². The van der Waals surface area contributed by atoms with Crippen LogP contribution in [0.15, 0.2) is 30.3 Å². The van der Waals surface area contributed by atoms with Crippen molar-refractivity contribution >= 4 is 5.69 Å². The van der Waals surface area contributed by atoms with Crippen LogP contribution < -0.4 is 5.32 Å². The summed E-state index contributed by atoms with van der Waals surface area (Å²) in [6, 6.07) is 7.23. The highest BCUT2D eigenvalue weighted by atomic mass is 19.1. The number of aliphatic hydroxyl groups is 1. The van der Waals surface area contributed by atoms with E-state index in [0.29, 0.717) is 17.7 Å². The molecule has 1 fully saturated rings. The molecule has 0 unspecified atom stereocenters. The molecule has 2 heterocycles. The highest BCUT2D eigenvalue weighted by Crippen LogP contribution is 2.51. The van der Waals surface area contributed by atoms with Gasteiger partial charge in [0.2, 0.25) is 0 Å². The molecule has 0 amide bonds. The number of ether oxygens (including phenoxy) is 1. The van der Waals surface area contributed by atoms with Crippen LogP contribution in [0, 0.1) is 24.5 Å². The number of aryl methyl sites for hydroxylation is 1. The fourth-order valence-corrected chi connectivity index (χ4v) is 4.14. The van der Waals surface area contributed by atoms with E-state index in [1.807, 2.05) is 13.0 Å². The average Bonchev–Trinajstić information content (AvgIpc) is 2.63. The fraction of sp³-hybridized carbons (Fsp3) is 0.400. The largest absolute Gasteiger partial charge is 0.505 e. The first kappa shape index (κ1) is 17.2. The molecule has 4 atom stereocenters. The van der Waals surface area contributed by atoms with Crippen LogP contribution in [0.25, 0.3) is 0 Å². The number of phenolic OH excluding ortho intramolecular Hbond substituents is 1. The van der Waals surface area contributed by atoms with Gasteiger partial charge in [0.15, 0.2) is 11.6 Å². The predicted molar refractivity (Wildman–Crippen MR) is 93.0 cm³/mol. The Labute approximate surface area is 150 Å². The molecule has 6 heteroatoms. The number of rotatable bonds is 2. The Morgan fingerprint density at radius 1 is 1.15 bits per heavy atom. The molecule has 138 valence electrons. The monoisotopic (exact) mass is 361 g/mol. The first-order valence-corrected chi connectivity index (χ1v) is 8.79. The van der Waals surface area contributed by atoms with Crippen molar-refractivity contribution < 1.29 is 23.7 Å². The smallest absolute Gasteiger partial charge is 0.165 e. The fourth-order valence-electron chi connectivity index (χ4n) is 4.14. The number of phenols is 1. The maximum atomic E-state index is 14.6. The molecule has 1 saturated heterocycles. The molecule has 26 heavy (non-hydrogen) atoms. The first-order valence-electron chi connectivity index (χ1n) is 8.79. The lowest BCUT2D eigenvalue weighted by Crippen LogP contribution is -2.40. The predicted octanol–water partition coefficient (Wildman–Crippen LogP) is 3.97. The zero-order chi connectivity index (χ0) is 18.4. The topological polar surface area (TPSA) is 61.7 Å². The highest BCUT2D eigenvalue weighted by Gasteiger charge is 2.43. The van der Waals surface area contributed by atoms with Gasteiger partial charge in [0, 0.05) is 11.5 Å². The summed E-state index contributed by atoms with van der Waals surface area (Å²) >= 11 is 0. The molecule has 2 aromatic rings. The van der Waals surface area contributed by atoms with Crippen LogP contribution in [0.2, 0.25) is 0 Å². The summed E-state index contributed by atoms with van der Waals surface area (Å²) in [4.78, 5) is 0. The maximum absolute atomic E-state index is 14.6. The van der Waals surface area contributed by atoms with E-state index < -0.39 is 11.6 Å².